The van der Waals surface area contributed by atoms with Crippen LogP contribution < -0.4 is 14.8 Å². The van der Waals surface area contributed by atoms with Crippen molar-refractivity contribution >= 4 is 34.1 Å². The van der Waals surface area contributed by atoms with Crippen LogP contribution in [0.1, 0.15) is 18.2 Å². The molecule has 0 saturated heterocycles. The predicted molar refractivity (Wildman–Crippen MR) is 133 cm³/mol. The molecule has 0 aliphatic rings. The van der Waals surface area contributed by atoms with Gasteiger partial charge in [0.2, 0.25) is 0 Å². The SMILES string of the molecule is CCOc1cc(C=C(C#N)c2ccc3ccccc3n2)ccc1OCC(=O)Nc1ccccc1. The summed E-state index contributed by atoms with van der Waals surface area (Å²) < 4.78 is 11.4. The van der Waals surface area contributed by atoms with Gasteiger partial charge in [0.1, 0.15) is 6.07 Å². The smallest absolute Gasteiger partial charge is 0.262 e. The maximum atomic E-state index is 12.2. The molecular formula is C28H23N3O3. The van der Waals surface area contributed by atoms with Crippen molar-refractivity contribution < 1.29 is 14.3 Å². The third-order valence-corrected chi connectivity index (χ3v) is 4.99. The highest BCUT2D eigenvalue weighted by molar-refractivity contribution is 5.92. The molecule has 0 radical (unpaired) electrons. The lowest BCUT2D eigenvalue weighted by molar-refractivity contribution is -0.118. The summed E-state index contributed by atoms with van der Waals surface area (Å²) in [5.41, 5.74) is 3.32. The Morgan fingerprint density at radius 1 is 0.971 bits per heavy atom. The van der Waals surface area contributed by atoms with Crippen LogP contribution in [-0.2, 0) is 4.79 Å². The fourth-order valence-corrected chi connectivity index (χ4v) is 3.41. The minimum atomic E-state index is -0.272. The first-order chi connectivity index (χ1) is 16.7. The maximum absolute atomic E-state index is 12.2. The number of nitrogens with one attached hydrogen (secondary N) is 1. The number of carbonyl (C=O) groups excluding carboxylic acids is 1. The average Bonchev–Trinajstić information content (AvgIpc) is 2.87. The fraction of sp³-hybridized carbons (Fsp3) is 0.107. The molecule has 6 heteroatoms. The molecule has 0 atom stereocenters. The molecule has 0 unspecified atom stereocenters. The minimum Gasteiger partial charge on any atom is -0.490 e. The number of carbonyl (C=O) groups is 1. The van der Waals surface area contributed by atoms with Gasteiger partial charge in [-0.2, -0.15) is 5.26 Å². The number of benzene rings is 3. The van der Waals surface area contributed by atoms with Gasteiger partial charge in [-0.25, -0.2) is 4.98 Å². The standard InChI is InChI=1S/C28H23N3O3/c1-2-33-27-17-20(12-15-26(27)34-19-28(32)30-23-9-4-3-5-10-23)16-22(18-29)25-14-13-21-8-6-7-11-24(21)31-25/h3-17H,2,19H2,1H3,(H,30,32). The number of nitriles is 1. The molecule has 0 aliphatic heterocycles. The molecule has 0 aliphatic carbocycles. The molecule has 1 heterocycles. The predicted octanol–water partition coefficient (Wildman–Crippen LogP) is 5.72. The highest BCUT2D eigenvalue weighted by Crippen LogP contribution is 2.30. The number of anilines is 1. The van der Waals surface area contributed by atoms with E-state index in [-0.39, 0.29) is 12.5 Å². The first kappa shape index (κ1) is 22.6. The van der Waals surface area contributed by atoms with Crippen molar-refractivity contribution in [3.63, 3.8) is 0 Å². The number of rotatable bonds is 8. The number of nitrogens with zero attached hydrogens (tertiary/aromatic N) is 2. The second-order valence-corrected chi connectivity index (χ2v) is 7.40. The molecule has 1 N–H and O–H groups in total. The van der Waals surface area contributed by atoms with Crippen LogP contribution in [0.4, 0.5) is 5.69 Å². The van der Waals surface area contributed by atoms with E-state index in [1.54, 1.807) is 18.2 Å². The van der Waals surface area contributed by atoms with Gasteiger partial charge in [0.05, 0.1) is 23.4 Å². The van der Waals surface area contributed by atoms with Crippen LogP contribution in [0.15, 0.2) is 84.9 Å². The van der Waals surface area contributed by atoms with E-state index in [0.29, 0.717) is 35.1 Å². The van der Waals surface area contributed by atoms with Gasteiger partial charge in [-0.1, -0.05) is 48.5 Å². The van der Waals surface area contributed by atoms with Crippen LogP contribution in [-0.4, -0.2) is 24.1 Å². The summed E-state index contributed by atoms with van der Waals surface area (Å²) in [5, 5.41) is 13.5. The van der Waals surface area contributed by atoms with Crippen molar-refractivity contribution in [3.8, 4) is 17.6 Å². The van der Waals surface area contributed by atoms with E-state index in [9.17, 15) is 10.1 Å². The van der Waals surface area contributed by atoms with Crippen LogP contribution in [0.3, 0.4) is 0 Å². The second-order valence-electron chi connectivity index (χ2n) is 7.40. The molecule has 0 saturated carbocycles. The number of allylic oxidation sites excluding steroid dienone is 1. The molecule has 0 fully saturated rings. The van der Waals surface area contributed by atoms with Crippen LogP contribution in [0, 0.1) is 11.3 Å². The summed E-state index contributed by atoms with van der Waals surface area (Å²) in [7, 11) is 0. The number of hydrogen-bond acceptors (Lipinski definition) is 5. The fourth-order valence-electron chi connectivity index (χ4n) is 3.41. The zero-order valence-electron chi connectivity index (χ0n) is 18.7. The lowest BCUT2D eigenvalue weighted by atomic mass is 10.1. The van der Waals surface area contributed by atoms with Crippen molar-refractivity contribution in [2.24, 2.45) is 0 Å². The highest BCUT2D eigenvalue weighted by atomic mass is 16.5. The number of fused-ring (bicyclic) bond motifs is 1. The maximum Gasteiger partial charge on any atom is 0.262 e. The van der Waals surface area contributed by atoms with Crippen LogP contribution in [0.25, 0.3) is 22.6 Å². The average molecular weight is 450 g/mol. The zero-order chi connectivity index (χ0) is 23.8. The van der Waals surface area contributed by atoms with E-state index in [2.05, 4.69) is 16.4 Å². The third kappa shape index (κ3) is 5.59. The van der Waals surface area contributed by atoms with Crippen molar-refractivity contribution in [2.75, 3.05) is 18.5 Å². The molecule has 6 nitrogen and oxygen atoms in total. The molecule has 1 aromatic heterocycles. The van der Waals surface area contributed by atoms with Crippen molar-refractivity contribution in [1.82, 2.24) is 4.98 Å². The molecular weight excluding hydrogens is 426 g/mol. The van der Waals surface area contributed by atoms with Crippen molar-refractivity contribution in [1.29, 1.82) is 5.26 Å². The van der Waals surface area contributed by atoms with Crippen LogP contribution >= 0.6 is 0 Å². The lowest BCUT2D eigenvalue weighted by Crippen LogP contribution is -2.20. The summed E-state index contributed by atoms with van der Waals surface area (Å²) in [6.45, 7) is 2.14. The number of pyridine rings is 1. The number of hydrogen-bond donors (Lipinski definition) is 1. The second kappa shape index (κ2) is 10.8. The topological polar surface area (TPSA) is 84.2 Å². The van der Waals surface area contributed by atoms with E-state index >= 15 is 0 Å². The van der Waals surface area contributed by atoms with Gasteiger partial charge in [0.25, 0.3) is 5.91 Å². The first-order valence-electron chi connectivity index (χ1n) is 10.9. The first-order valence-corrected chi connectivity index (χ1v) is 10.9. The Hall–Kier alpha value is -4.63. The van der Waals surface area contributed by atoms with Gasteiger partial charge >= 0.3 is 0 Å². The highest BCUT2D eigenvalue weighted by Gasteiger charge is 2.11. The normalized spacial score (nSPS) is 11.0. The molecule has 0 spiro atoms. The van der Waals surface area contributed by atoms with Gasteiger partial charge in [-0.05, 0) is 55.0 Å². The van der Waals surface area contributed by atoms with Crippen LogP contribution in [0.2, 0.25) is 0 Å². The molecule has 34 heavy (non-hydrogen) atoms. The van der Waals surface area contributed by atoms with E-state index in [1.165, 1.54) is 0 Å². The Morgan fingerprint density at radius 3 is 2.56 bits per heavy atom. The monoisotopic (exact) mass is 449 g/mol. The van der Waals surface area contributed by atoms with Crippen molar-refractivity contribution in [3.05, 3.63) is 96.2 Å². The zero-order valence-corrected chi connectivity index (χ0v) is 18.7. The molecule has 1 amide bonds. The summed E-state index contributed by atoms with van der Waals surface area (Å²) in [6, 6.07) is 28.3. The largest absolute Gasteiger partial charge is 0.490 e. The summed E-state index contributed by atoms with van der Waals surface area (Å²) >= 11 is 0. The quantitative estimate of drug-likeness (QED) is 0.348. The molecule has 168 valence electrons. The van der Waals surface area contributed by atoms with E-state index in [4.69, 9.17) is 9.47 Å². The number of aromatic nitrogens is 1. The van der Waals surface area contributed by atoms with Crippen LogP contribution in [0.5, 0.6) is 11.5 Å². The molecule has 3 aromatic carbocycles. The number of para-hydroxylation sites is 2. The molecule has 4 rings (SSSR count). The van der Waals surface area contributed by atoms with Gasteiger partial charge < -0.3 is 14.8 Å². The summed E-state index contributed by atoms with van der Waals surface area (Å²) in [6.07, 6.45) is 1.76. The van der Waals surface area contributed by atoms with Gasteiger partial charge in [0, 0.05) is 11.1 Å². The third-order valence-electron chi connectivity index (χ3n) is 4.99. The minimum absolute atomic E-state index is 0.158. The Morgan fingerprint density at radius 2 is 1.76 bits per heavy atom. The Labute approximate surface area is 198 Å². The summed E-state index contributed by atoms with van der Waals surface area (Å²) in [4.78, 5) is 16.8. The van der Waals surface area contributed by atoms with Crippen molar-refractivity contribution in [2.45, 2.75) is 6.92 Å². The van der Waals surface area contributed by atoms with Gasteiger partial charge in [0.15, 0.2) is 18.1 Å². The Bertz CT molecular complexity index is 1370. The van der Waals surface area contributed by atoms with Gasteiger partial charge in [-0.15, -0.1) is 0 Å². The van der Waals surface area contributed by atoms with E-state index in [0.717, 1.165) is 16.5 Å². The molecule has 0 bridgehead atoms. The Kier molecular flexibility index (Phi) is 7.16. The van der Waals surface area contributed by atoms with E-state index < -0.39 is 0 Å². The lowest BCUT2D eigenvalue weighted by Gasteiger charge is -2.13. The summed E-state index contributed by atoms with van der Waals surface area (Å²) in [5.74, 6) is 0.670. The Balaban J connectivity index is 1.53. The number of amides is 1. The van der Waals surface area contributed by atoms with Gasteiger partial charge in [-0.3, -0.25) is 4.79 Å². The number of ether oxygens (including phenoxy) is 2. The van der Waals surface area contributed by atoms with E-state index in [1.807, 2.05) is 79.7 Å². The molecule has 4 aromatic rings.